The minimum absolute atomic E-state index is 0. The van der Waals surface area contributed by atoms with Crippen LogP contribution in [0.1, 0.15) is 25.1 Å². The second kappa shape index (κ2) is 9.85. The third-order valence-corrected chi connectivity index (χ3v) is 4.27. The molecule has 25 heavy (non-hydrogen) atoms. The second-order valence-corrected chi connectivity index (χ2v) is 7.19. The molecular weight excluding hydrogens is 423 g/mol. The van der Waals surface area contributed by atoms with Crippen molar-refractivity contribution in [3.05, 3.63) is 59.9 Å². The van der Waals surface area contributed by atoms with Gasteiger partial charge in [0.05, 0.1) is 6.54 Å². The summed E-state index contributed by atoms with van der Waals surface area (Å²) >= 11 is 0. The zero-order chi connectivity index (χ0) is 17.6. The Bertz CT molecular complexity index is 661. The van der Waals surface area contributed by atoms with E-state index in [1.807, 2.05) is 7.05 Å². The number of aliphatic imine (C=N–C) groups is 1. The molecular formula is C20H31IN4. The van der Waals surface area contributed by atoms with Crippen molar-refractivity contribution in [3.8, 4) is 0 Å². The number of aromatic nitrogens is 1. The van der Waals surface area contributed by atoms with Crippen molar-refractivity contribution in [2.24, 2.45) is 17.5 Å². The lowest BCUT2D eigenvalue weighted by molar-refractivity contribution is 0.349. The topological polar surface area (TPSA) is 32.6 Å². The molecule has 0 bridgehead atoms. The molecule has 1 aromatic heterocycles. The van der Waals surface area contributed by atoms with Crippen molar-refractivity contribution in [2.45, 2.75) is 26.8 Å². The normalized spacial score (nSPS) is 11.8. The third kappa shape index (κ3) is 6.72. The Morgan fingerprint density at radius 2 is 1.84 bits per heavy atom. The first-order chi connectivity index (χ1) is 11.4. The van der Waals surface area contributed by atoms with Gasteiger partial charge in [0.15, 0.2) is 5.96 Å². The Labute approximate surface area is 169 Å². The van der Waals surface area contributed by atoms with E-state index in [2.05, 4.69) is 96.4 Å². The summed E-state index contributed by atoms with van der Waals surface area (Å²) in [7, 11) is 5.99. The Hall–Kier alpha value is -1.50. The summed E-state index contributed by atoms with van der Waals surface area (Å²) in [5.41, 5.74) is 2.80. The molecule has 5 heteroatoms. The fraction of sp³-hybridized carbons (Fsp3) is 0.450. The molecule has 0 saturated heterocycles. The summed E-state index contributed by atoms with van der Waals surface area (Å²) in [5, 5.41) is 3.53. The molecule has 0 radical (unpaired) electrons. The first-order valence-electron chi connectivity index (χ1n) is 8.47. The first-order valence-corrected chi connectivity index (χ1v) is 8.47. The summed E-state index contributed by atoms with van der Waals surface area (Å²) in [6.45, 7) is 6.29. The molecule has 0 aliphatic carbocycles. The fourth-order valence-corrected chi connectivity index (χ4v) is 2.89. The van der Waals surface area contributed by atoms with Crippen LogP contribution in [0.5, 0.6) is 0 Å². The highest BCUT2D eigenvalue weighted by Gasteiger charge is 2.20. The summed E-state index contributed by atoms with van der Waals surface area (Å²) < 4.78 is 2.14. The number of hydrogen-bond donors (Lipinski definition) is 1. The Morgan fingerprint density at radius 3 is 2.40 bits per heavy atom. The molecule has 4 nitrogen and oxygen atoms in total. The number of aryl methyl sites for hydroxylation is 1. The third-order valence-electron chi connectivity index (χ3n) is 4.27. The van der Waals surface area contributed by atoms with Gasteiger partial charge in [0.1, 0.15) is 0 Å². The van der Waals surface area contributed by atoms with E-state index in [0.717, 1.165) is 25.5 Å². The number of guanidine groups is 1. The lowest BCUT2D eigenvalue weighted by Gasteiger charge is -2.29. The monoisotopic (exact) mass is 454 g/mol. The molecule has 1 N–H and O–H groups in total. The van der Waals surface area contributed by atoms with Crippen LogP contribution in [0.3, 0.4) is 0 Å². The van der Waals surface area contributed by atoms with Gasteiger partial charge in [0, 0.05) is 39.6 Å². The van der Waals surface area contributed by atoms with Crippen LogP contribution in [0.4, 0.5) is 0 Å². The molecule has 0 atom stereocenters. The molecule has 0 aliphatic heterocycles. The minimum Gasteiger partial charge on any atom is -0.356 e. The van der Waals surface area contributed by atoms with Gasteiger partial charge in [-0.25, -0.2) is 0 Å². The molecule has 0 fully saturated rings. The van der Waals surface area contributed by atoms with Gasteiger partial charge in [0.2, 0.25) is 0 Å². The van der Waals surface area contributed by atoms with Gasteiger partial charge < -0.3 is 14.8 Å². The molecule has 0 unspecified atom stereocenters. The van der Waals surface area contributed by atoms with E-state index in [0.29, 0.717) is 0 Å². The van der Waals surface area contributed by atoms with Gasteiger partial charge in [0.25, 0.3) is 0 Å². The van der Waals surface area contributed by atoms with E-state index in [4.69, 9.17) is 0 Å². The lowest BCUT2D eigenvalue weighted by atomic mass is 9.86. The summed E-state index contributed by atoms with van der Waals surface area (Å²) in [6, 6.07) is 14.9. The van der Waals surface area contributed by atoms with Gasteiger partial charge in [-0.2, -0.15) is 0 Å². The predicted molar refractivity (Wildman–Crippen MR) is 118 cm³/mol. The smallest absolute Gasteiger partial charge is 0.193 e. The van der Waals surface area contributed by atoms with Crippen molar-refractivity contribution in [2.75, 3.05) is 20.6 Å². The van der Waals surface area contributed by atoms with Gasteiger partial charge >= 0.3 is 0 Å². The Balaban J connectivity index is 0.00000312. The molecule has 1 aromatic carbocycles. The number of rotatable bonds is 6. The van der Waals surface area contributed by atoms with Crippen LogP contribution in [0, 0.1) is 5.41 Å². The number of nitrogens with one attached hydrogen (secondary N) is 1. The molecule has 0 spiro atoms. The maximum atomic E-state index is 4.43. The van der Waals surface area contributed by atoms with Gasteiger partial charge in [-0.3, -0.25) is 4.99 Å². The number of nitrogens with zero attached hydrogens (tertiary/aromatic N) is 3. The first kappa shape index (κ1) is 21.5. The van der Waals surface area contributed by atoms with Gasteiger partial charge in [-0.1, -0.05) is 44.2 Å². The van der Waals surface area contributed by atoms with Crippen molar-refractivity contribution in [1.29, 1.82) is 0 Å². The molecule has 2 rings (SSSR count). The van der Waals surface area contributed by atoms with Crippen molar-refractivity contribution in [3.63, 3.8) is 0 Å². The van der Waals surface area contributed by atoms with Crippen LogP contribution in [-0.2, 0) is 20.0 Å². The summed E-state index contributed by atoms with van der Waals surface area (Å²) in [4.78, 5) is 6.59. The molecule has 1 heterocycles. The number of halogens is 1. The van der Waals surface area contributed by atoms with Crippen LogP contribution >= 0.6 is 24.0 Å². The average molecular weight is 454 g/mol. The van der Waals surface area contributed by atoms with Crippen LogP contribution in [0.25, 0.3) is 0 Å². The van der Waals surface area contributed by atoms with Crippen molar-refractivity contribution >= 4 is 29.9 Å². The van der Waals surface area contributed by atoms with Gasteiger partial charge in [-0.15, -0.1) is 24.0 Å². The Morgan fingerprint density at radius 1 is 1.16 bits per heavy atom. The standard InChI is InChI=1S/C20H30N4.HI/c1-20(2,14-17-10-7-6-8-11-17)16-22-19(21-3)24(5)15-18-12-9-13-23(18)4;/h6-13H,14-16H2,1-5H3,(H,21,22);1H. The molecule has 0 aliphatic rings. The van der Waals surface area contributed by atoms with Crippen LogP contribution in [-0.4, -0.2) is 36.1 Å². The number of benzene rings is 1. The lowest BCUT2D eigenvalue weighted by Crippen LogP contribution is -2.43. The SMILES string of the molecule is CN=C(NCC(C)(C)Cc1ccccc1)N(C)Cc1cccn1C.I. The zero-order valence-electron chi connectivity index (χ0n) is 16.0. The number of hydrogen-bond acceptors (Lipinski definition) is 1. The minimum atomic E-state index is 0. The van der Waals surface area contributed by atoms with Crippen molar-refractivity contribution in [1.82, 2.24) is 14.8 Å². The van der Waals surface area contributed by atoms with Crippen LogP contribution in [0.2, 0.25) is 0 Å². The van der Waals surface area contributed by atoms with E-state index in [-0.39, 0.29) is 29.4 Å². The van der Waals surface area contributed by atoms with E-state index >= 15 is 0 Å². The predicted octanol–water partition coefficient (Wildman–Crippen LogP) is 3.92. The highest BCUT2D eigenvalue weighted by atomic mass is 127. The maximum Gasteiger partial charge on any atom is 0.193 e. The fourth-order valence-electron chi connectivity index (χ4n) is 2.89. The quantitative estimate of drug-likeness (QED) is 0.408. The summed E-state index contributed by atoms with van der Waals surface area (Å²) in [6.07, 6.45) is 3.11. The van der Waals surface area contributed by atoms with E-state index in [1.54, 1.807) is 0 Å². The molecule has 2 aromatic rings. The van der Waals surface area contributed by atoms with Gasteiger partial charge in [-0.05, 0) is 29.5 Å². The van der Waals surface area contributed by atoms with E-state index in [9.17, 15) is 0 Å². The second-order valence-electron chi connectivity index (χ2n) is 7.19. The largest absolute Gasteiger partial charge is 0.356 e. The average Bonchev–Trinajstić information content (AvgIpc) is 2.93. The zero-order valence-corrected chi connectivity index (χ0v) is 18.3. The Kier molecular flexibility index (Phi) is 8.48. The molecule has 138 valence electrons. The van der Waals surface area contributed by atoms with E-state index < -0.39 is 0 Å². The highest BCUT2D eigenvalue weighted by molar-refractivity contribution is 14.0. The molecule has 0 saturated carbocycles. The van der Waals surface area contributed by atoms with Crippen molar-refractivity contribution < 1.29 is 0 Å². The molecule has 0 amide bonds. The van der Waals surface area contributed by atoms with E-state index in [1.165, 1.54) is 11.3 Å². The summed E-state index contributed by atoms with van der Waals surface area (Å²) in [5.74, 6) is 0.928. The highest BCUT2D eigenvalue weighted by Crippen LogP contribution is 2.20. The van der Waals surface area contributed by atoms with Crippen LogP contribution in [0.15, 0.2) is 53.7 Å². The maximum absolute atomic E-state index is 4.43. The van der Waals surface area contributed by atoms with Crippen LogP contribution < -0.4 is 5.32 Å².